The van der Waals surface area contributed by atoms with Crippen molar-refractivity contribution in [1.82, 2.24) is 4.90 Å². The van der Waals surface area contributed by atoms with E-state index in [9.17, 15) is 19.1 Å². The van der Waals surface area contributed by atoms with Crippen molar-refractivity contribution in [1.29, 1.82) is 0 Å². The number of hydrogen-bond donors (Lipinski definition) is 1. The topological polar surface area (TPSA) is 66.8 Å². The second-order valence-corrected chi connectivity index (χ2v) is 6.75. The van der Waals surface area contributed by atoms with Gasteiger partial charge in [0.15, 0.2) is 6.10 Å². The Morgan fingerprint density at radius 3 is 2.54 bits per heavy atom. The predicted octanol–water partition coefficient (Wildman–Crippen LogP) is 2.34. The zero-order valence-corrected chi connectivity index (χ0v) is 13.7. The van der Waals surface area contributed by atoms with Gasteiger partial charge in [0, 0.05) is 12.1 Å². The van der Waals surface area contributed by atoms with Gasteiger partial charge in [-0.3, -0.25) is 4.79 Å². The third kappa shape index (κ3) is 2.90. The first kappa shape index (κ1) is 16.9. The van der Waals surface area contributed by atoms with Crippen molar-refractivity contribution in [3.8, 4) is 0 Å². The summed E-state index contributed by atoms with van der Waals surface area (Å²) in [4.78, 5) is 26.1. The Labute approximate surface area is 140 Å². The molecule has 0 bridgehead atoms. The summed E-state index contributed by atoms with van der Waals surface area (Å²) in [5.41, 5.74) is -0.454. The third-order valence-corrected chi connectivity index (χ3v) is 5.08. The van der Waals surface area contributed by atoms with E-state index in [4.69, 9.17) is 4.74 Å². The van der Waals surface area contributed by atoms with E-state index in [1.54, 1.807) is 30.0 Å². The van der Waals surface area contributed by atoms with Gasteiger partial charge in [-0.1, -0.05) is 31.0 Å². The van der Waals surface area contributed by atoms with Crippen LogP contribution in [0, 0.1) is 5.82 Å². The minimum atomic E-state index is -1.08. The fourth-order valence-electron chi connectivity index (χ4n) is 3.98. The quantitative estimate of drug-likeness (QED) is 0.921. The van der Waals surface area contributed by atoms with Crippen LogP contribution in [0.5, 0.6) is 0 Å². The fourth-order valence-corrected chi connectivity index (χ4v) is 3.98. The summed E-state index contributed by atoms with van der Waals surface area (Å²) in [6.45, 7) is 2.09. The van der Waals surface area contributed by atoms with E-state index in [-0.39, 0.29) is 24.4 Å². The Hall–Kier alpha value is -1.95. The number of morpholine rings is 1. The molecule has 3 rings (SSSR count). The number of aliphatic carboxylic acids is 1. The first-order valence-electron chi connectivity index (χ1n) is 8.37. The van der Waals surface area contributed by atoms with Crippen molar-refractivity contribution >= 4 is 11.9 Å². The lowest BCUT2D eigenvalue weighted by molar-refractivity contribution is -0.168. The summed E-state index contributed by atoms with van der Waals surface area (Å²) >= 11 is 0. The first-order valence-corrected chi connectivity index (χ1v) is 8.37. The number of ether oxygens (including phenoxy) is 1. The summed E-state index contributed by atoms with van der Waals surface area (Å²) in [6.07, 6.45) is 1.52. The standard InChI is InChI=1S/C18H22FNO4/c1-12-10-20(11-15(24-12)16(21)22)17(23)18(8-4-5-9-18)13-6-2-3-7-14(13)19/h2-3,6-7,12,15H,4-5,8-11H2,1H3,(H,21,22)/t12-,15?/m1/s1. The number of carboxylic acids is 1. The molecule has 1 heterocycles. The Morgan fingerprint density at radius 1 is 1.25 bits per heavy atom. The molecule has 1 aliphatic carbocycles. The first-order chi connectivity index (χ1) is 11.4. The second kappa shape index (κ2) is 6.51. The SMILES string of the molecule is C[C@@H]1CN(C(=O)C2(c3ccccc3F)CCCC2)CC(C(=O)O)O1. The monoisotopic (exact) mass is 335 g/mol. The summed E-state index contributed by atoms with van der Waals surface area (Å²) in [5, 5.41) is 9.22. The summed E-state index contributed by atoms with van der Waals surface area (Å²) in [5.74, 6) is -1.62. The van der Waals surface area contributed by atoms with Gasteiger partial charge in [0.2, 0.25) is 5.91 Å². The normalized spacial score (nSPS) is 26.3. The van der Waals surface area contributed by atoms with Gasteiger partial charge in [-0.2, -0.15) is 0 Å². The molecule has 1 aromatic carbocycles. The van der Waals surface area contributed by atoms with Crippen molar-refractivity contribution in [2.24, 2.45) is 0 Å². The van der Waals surface area contributed by atoms with Crippen molar-refractivity contribution in [3.05, 3.63) is 35.6 Å². The van der Waals surface area contributed by atoms with Crippen molar-refractivity contribution < 1.29 is 23.8 Å². The molecule has 5 nitrogen and oxygen atoms in total. The molecule has 1 aliphatic heterocycles. The van der Waals surface area contributed by atoms with Crippen molar-refractivity contribution in [3.63, 3.8) is 0 Å². The van der Waals surface area contributed by atoms with Gasteiger partial charge in [0.05, 0.1) is 18.1 Å². The number of halogens is 1. The predicted molar refractivity (Wildman–Crippen MR) is 85.1 cm³/mol. The number of rotatable bonds is 3. The fraction of sp³-hybridized carbons (Fsp3) is 0.556. The van der Waals surface area contributed by atoms with E-state index in [1.807, 2.05) is 0 Å². The molecule has 1 aromatic rings. The van der Waals surface area contributed by atoms with E-state index < -0.39 is 17.5 Å². The van der Waals surface area contributed by atoms with E-state index in [2.05, 4.69) is 0 Å². The van der Waals surface area contributed by atoms with Crippen LogP contribution in [0.15, 0.2) is 24.3 Å². The number of benzene rings is 1. The average molecular weight is 335 g/mol. The molecule has 0 radical (unpaired) electrons. The van der Waals surface area contributed by atoms with Crippen LogP contribution in [-0.2, 0) is 19.7 Å². The highest BCUT2D eigenvalue weighted by molar-refractivity contribution is 5.89. The number of hydrogen-bond acceptors (Lipinski definition) is 3. The minimum Gasteiger partial charge on any atom is -0.479 e. The molecule has 1 saturated carbocycles. The molecule has 2 fully saturated rings. The van der Waals surface area contributed by atoms with Gasteiger partial charge in [-0.25, -0.2) is 9.18 Å². The van der Waals surface area contributed by atoms with Crippen LogP contribution in [0.3, 0.4) is 0 Å². The summed E-state index contributed by atoms with van der Waals surface area (Å²) in [6, 6.07) is 6.42. The Balaban J connectivity index is 1.93. The maximum absolute atomic E-state index is 14.4. The largest absolute Gasteiger partial charge is 0.479 e. The number of amides is 1. The molecule has 1 N–H and O–H groups in total. The number of carbonyl (C=O) groups is 2. The summed E-state index contributed by atoms with van der Waals surface area (Å²) < 4.78 is 19.8. The van der Waals surface area contributed by atoms with Gasteiger partial charge in [-0.15, -0.1) is 0 Å². The van der Waals surface area contributed by atoms with Crippen molar-refractivity contribution in [2.45, 2.75) is 50.2 Å². The van der Waals surface area contributed by atoms with Crippen LogP contribution in [0.1, 0.15) is 38.2 Å². The zero-order chi connectivity index (χ0) is 17.3. The van der Waals surface area contributed by atoms with Crippen molar-refractivity contribution in [2.75, 3.05) is 13.1 Å². The van der Waals surface area contributed by atoms with E-state index >= 15 is 0 Å². The average Bonchev–Trinajstić information content (AvgIpc) is 3.04. The molecule has 2 aliphatic rings. The van der Waals surface area contributed by atoms with Crippen LogP contribution >= 0.6 is 0 Å². The maximum Gasteiger partial charge on any atom is 0.334 e. The van der Waals surface area contributed by atoms with Crippen LogP contribution in [0.4, 0.5) is 4.39 Å². The molecule has 0 spiro atoms. The molecule has 1 unspecified atom stereocenters. The molecule has 6 heteroatoms. The summed E-state index contributed by atoms with van der Waals surface area (Å²) in [7, 11) is 0. The Bertz CT molecular complexity index is 642. The van der Waals surface area contributed by atoms with Gasteiger partial charge < -0.3 is 14.7 Å². The molecular formula is C18H22FNO4. The van der Waals surface area contributed by atoms with E-state index in [0.29, 0.717) is 24.9 Å². The number of carboxylic acid groups (broad SMARTS) is 1. The van der Waals surface area contributed by atoms with Gasteiger partial charge in [0.25, 0.3) is 0 Å². The molecular weight excluding hydrogens is 313 g/mol. The highest BCUT2D eigenvalue weighted by Gasteiger charge is 2.48. The highest BCUT2D eigenvalue weighted by atomic mass is 19.1. The van der Waals surface area contributed by atoms with Crippen LogP contribution in [0.25, 0.3) is 0 Å². The molecule has 1 saturated heterocycles. The van der Waals surface area contributed by atoms with Gasteiger partial charge in [-0.05, 0) is 25.8 Å². The molecule has 0 aromatic heterocycles. The zero-order valence-electron chi connectivity index (χ0n) is 13.7. The van der Waals surface area contributed by atoms with E-state index in [0.717, 1.165) is 12.8 Å². The van der Waals surface area contributed by atoms with Gasteiger partial charge in [0.1, 0.15) is 5.82 Å². The molecule has 2 atom stereocenters. The Kier molecular flexibility index (Phi) is 4.58. The maximum atomic E-state index is 14.4. The van der Waals surface area contributed by atoms with Crippen LogP contribution in [0.2, 0.25) is 0 Å². The molecule has 1 amide bonds. The highest BCUT2D eigenvalue weighted by Crippen LogP contribution is 2.44. The van der Waals surface area contributed by atoms with Crippen LogP contribution in [-0.4, -0.2) is 47.2 Å². The van der Waals surface area contributed by atoms with Crippen LogP contribution < -0.4 is 0 Å². The Morgan fingerprint density at radius 2 is 1.92 bits per heavy atom. The number of carbonyl (C=O) groups excluding carboxylic acids is 1. The molecule has 130 valence electrons. The second-order valence-electron chi connectivity index (χ2n) is 6.75. The number of nitrogens with zero attached hydrogens (tertiary/aromatic N) is 1. The van der Waals surface area contributed by atoms with E-state index in [1.165, 1.54) is 6.07 Å². The van der Waals surface area contributed by atoms with Gasteiger partial charge >= 0.3 is 5.97 Å². The lowest BCUT2D eigenvalue weighted by atomic mass is 9.77. The lowest BCUT2D eigenvalue weighted by Crippen LogP contribution is -2.56. The molecule has 24 heavy (non-hydrogen) atoms. The smallest absolute Gasteiger partial charge is 0.334 e. The minimum absolute atomic E-state index is 0.00864. The lowest BCUT2D eigenvalue weighted by Gasteiger charge is -2.40. The third-order valence-electron chi connectivity index (χ3n) is 5.08.